The Balaban J connectivity index is 1.17. The Labute approximate surface area is 369 Å². The molecule has 11 nitrogen and oxygen atoms in total. The molecular weight excluding hydrogens is 795 g/mol. The average molecular weight is 854 g/mol. The van der Waals surface area contributed by atoms with Crippen LogP contribution in [0.1, 0.15) is 67.8 Å². The number of phenols is 1. The predicted molar refractivity (Wildman–Crippen MR) is 249 cm³/mol. The van der Waals surface area contributed by atoms with Crippen molar-refractivity contribution in [3.63, 3.8) is 0 Å². The van der Waals surface area contributed by atoms with Crippen molar-refractivity contribution in [1.82, 2.24) is 10.3 Å². The Morgan fingerprint density at radius 3 is 2.38 bits per heavy atom. The van der Waals surface area contributed by atoms with Crippen molar-refractivity contribution >= 4 is 22.9 Å². The summed E-state index contributed by atoms with van der Waals surface area (Å²) >= 11 is 0. The molecule has 2 aromatic heterocycles. The molecule has 1 unspecified atom stereocenters. The minimum Gasteiger partial charge on any atom is -0.508 e. The van der Waals surface area contributed by atoms with Crippen LogP contribution in [-0.2, 0) is 18.3 Å². The number of aryl methyl sites for hydroxylation is 2. The fourth-order valence-corrected chi connectivity index (χ4v) is 8.97. The van der Waals surface area contributed by atoms with E-state index in [9.17, 15) is 20.1 Å². The zero-order chi connectivity index (χ0) is 43.8. The van der Waals surface area contributed by atoms with Crippen molar-refractivity contribution in [3.05, 3.63) is 130 Å². The molecule has 0 radical (unpaired) electrons. The molecular formula is C52H59N3O8. The molecule has 0 amide bonds. The number of ether oxygens (including phenoxy) is 3. The summed E-state index contributed by atoms with van der Waals surface area (Å²) in [6, 6.07) is 28.7. The molecule has 1 saturated carbocycles. The van der Waals surface area contributed by atoms with Gasteiger partial charge in [-0.1, -0.05) is 86.5 Å². The number of nitrogens with one attached hydrogen (secondary N) is 2. The number of hydrogen-bond acceptors (Lipinski definition) is 10. The fourth-order valence-electron chi connectivity index (χ4n) is 8.97. The van der Waals surface area contributed by atoms with E-state index >= 15 is 0 Å². The summed E-state index contributed by atoms with van der Waals surface area (Å²) in [4.78, 5) is 20.7. The van der Waals surface area contributed by atoms with Crippen LogP contribution in [0.4, 0.5) is 5.82 Å². The molecule has 0 bridgehead atoms. The molecule has 1 atom stereocenters. The number of anilines is 1. The van der Waals surface area contributed by atoms with Crippen LogP contribution >= 0.6 is 0 Å². The van der Waals surface area contributed by atoms with E-state index in [1.165, 1.54) is 55.9 Å². The van der Waals surface area contributed by atoms with Gasteiger partial charge in [0.05, 0.1) is 26.4 Å². The molecule has 1 saturated heterocycles. The number of phenolic OH excluding ortho intramolecular Hbond substituents is 1. The van der Waals surface area contributed by atoms with Crippen LogP contribution in [0.25, 0.3) is 39.5 Å². The van der Waals surface area contributed by atoms with Gasteiger partial charge in [-0.2, -0.15) is 0 Å². The van der Waals surface area contributed by atoms with Crippen molar-refractivity contribution < 1.29 is 33.9 Å². The van der Waals surface area contributed by atoms with Gasteiger partial charge in [0.1, 0.15) is 28.3 Å². The molecule has 1 aliphatic carbocycles. The number of aromatic hydroxyl groups is 1. The number of aliphatic hydroxyl groups is 2. The van der Waals surface area contributed by atoms with Crippen LogP contribution in [0.5, 0.6) is 23.0 Å². The first-order valence-electron chi connectivity index (χ1n) is 22.3. The van der Waals surface area contributed by atoms with Crippen LogP contribution in [0.15, 0.2) is 106 Å². The van der Waals surface area contributed by atoms with Crippen molar-refractivity contribution in [2.45, 2.75) is 69.8 Å². The van der Waals surface area contributed by atoms with Gasteiger partial charge < -0.3 is 49.1 Å². The Bertz CT molecular complexity index is 2550. The van der Waals surface area contributed by atoms with Crippen molar-refractivity contribution in [2.75, 3.05) is 58.0 Å². The number of rotatable bonds is 18. The lowest BCUT2D eigenvalue weighted by Gasteiger charge is -2.30. The van der Waals surface area contributed by atoms with Crippen molar-refractivity contribution in [3.8, 4) is 45.4 Å². The largest absolute Gasteiger partial charge is 0.508 e. The molecule has 0 spiro atoms. The second kappa shape index (κ2) is 20.0. The molecule has 330 valence electrons. The van der Waals surface area contributed by atoms with E-state index in [4.69, 9.17) is 18.6 Å². The number of aliphatic hydroxyl groups excluding tert-OH is 2. The maximum atomic E-state index is 14.4. The molecule has 4 aromatic carbocycles. The smallest absolute Gasteiger partial charge is 0.204 e. The standard InChI is InChI=1S/C52H59N3O8/c1-52(23-6-7-24-52)45-33-42(51(54-45)55-27-25-53-26-28-55)38-13-8-12-36(32-38)15-21-41-47-46(43(59)34-44(63-47)37-16-19-39(57)20-17-37)49(50(60-2)48(41)61-30-9-29-56)62-31-22-40(58)18-14-35-10-4-3-5-11-35/h3-5,8,10-14,16-20,32-34,40,53-54,56-58H,6-7,9,15,21-31H2,1-2H3. The fraction of sp³-hybridized carbons (Fsp3) is 0.365. The second-order valence-electron chi connectivity index (χ2n) is 16.9. The van der Waals surface area contributed by atoms with Crippen LogP contribution in [0, 0.1) is 0 Å². The molecule has 63 heavy (non-hydrogen) atoms. The minimum absolute atomic E-state index is 0.0586. The Morgan fingerprint density at radius 1 is 0.873 bits per heavy atom. The highest BCUT2D eigenvalue weighted by atomic mass is 16.5. The zero-order valence-electron chi connectivity index (χ0n) is 36.3. The van der Waals surface area contributed by atoms with E-state index in [2.05, 4.69) is 52.5 Å². The first kappa shape index (κ1) is 43.6. The first-order valence-corrected chi connectivity index (χ1v) is 22.3. The third kappa shape index (κ3) is 9.96. The van der Waals surface area contributed by atoms with Crippen molar-refractivity contribution in [2.24, 2.45) is 0 Å². The van der Waals surface area contributed by atoms with E-state index in [0.717, 1.165) is 42.9 Å². The monoisotopic (exact) mass is 853 g/mol. The van der Waals surface area contributed by atoms with Crippen LogP contribution in [0.3, 0.4) is 0 Å². The van der Waals surface area contributed by atoms with E-state index in [0.29, 0.717) is 47.5 Å². The Kier molecular flexibility index (Phi) is 13.9. The summed E-state index contributed by atoms with van der Waals surface area (Å²) in [5, 5.41) is 34.4. The zero-order valence-corrected chi connectivity index (χ0v) is 36.3. The summed E-state index contributed by atoms with van der Waals surface area (Å²) in [6.07, 6.45) is 9.19. The maximum Gasteiger partial charge on any atom is 0.204 e. The Hall–Kier alpha value is -6.01. The molecule has 11 heteroatoms. The summed E-state index contributed by atoms with van der Waals surface area (Å²) in [5.41, 5.74) is 7.01. The topological polar surface area (TPSA) is 150 Å². The lowest BCUT2D eigenvalue weighted by atomic mass is 9.85. The normalized spacial score (nSPS) is 15.6. The number of piperazine rings is 1. The highest BCUT2D eigenvalue weighted by Crippen LogP contribution is 2.48. The van der Waals surface area contributed by atoms with Gasteiger partial charge in [0, 0.05) is 79.5 Å². The van der Waals surface area contributed by atoms with Crippen molar-refractivity contribution in [1.29, 1.82) is 0 Å². The van der Waals surface area contributed by atoms with Crippen LogP contribution < -0.4 is 29.9 Å². The van der Waals surface area contributed by atoms with Gasteiger partial charge >= 0.3 is 0 Å². The Morgan fingerprint density at radius 2 is 1.63 bits per heavy atom. The second-order valence-corrected chi connectivity index (χ2v) is 16.9. The molecule has 5 N–H and O–H groups in total. The number of aromatic nitrogens is 1. The third-order valence-corrected chi connectivity index (χ3v) is 12.5. The third-order valence-electron chi connectivity index (χ3n) is 12.5. The van der Waals surface area contributed by atoms with E-state index in [1.807, 2.05) is 36.4 Å². The highest BCUT2D eigenvalue weighted by Gasteiger charge is 2.34. The molecule has 2 fully saturated rings. The number of fused-ring (bicyclic) bond motifs is 1. The molecule has 6 aromatic rings. The van der Waals surface area contributed by atoms with E-state index < -0.39 is 6.10 Å². The van der Waals surface area contributed by atoms with Crippen LogP contribution in [0.2, 0.25) is 0 Å². The van der Waals surface area contributed by atoms with Gasteiger partial charge in [-0.3, -0.25) is 4.79 Å². The van der Waals surface area contributed by atoms with Gasteiger partial charge in [-0.05, 0) is 72.7 Å². The van der Waals surface area contributed by atoms with E-state index in [-0.39, 0.29) is 59.7 Å². The average Bonchev–Trinajstić information content (AvgIpc) is 3.97. The van der Waals surface area contributed by atoms with Gasteiger partial charge in [0.25, 0.3) is 0 Å². The van der Waals surface area contributed by atoms with Gasteiger partial charge in [0.2, 0.25) is 5.75 Å². The quantitative estimate of drug-likeness (QED) is 0.0531. The summed E-state index contributed by atoms with van der Waals surface area (Å²) in [5.74, 6) is 2.34. The lowest BCUT2D eigenvalue weighted by Crippen LogP contribution is -2.43. The maximum absolute atomic E-state index is 14.4. The minimum atomic E-state index is -0.813. The summed E-state index contributed by atoms with van der Waals surface area (Å²) in [6.45, 7) is 6.29. The molecule has 3 heterocycles. The molecule has 8 rings (SSSR count). The lowest BCUT2D eigenvalue weighted by molar-refractivity contribution is 0.176. The predicted octanol–water partition coefficient (Wildman–Crippen LogP) is 8.80. The number of H-pyrrole nitrogens is 1. The highest BCUT2D eigenvalue weighted by molar-refractivity contribution is 5.93. The number of methoxy groups -OCH3 is 1. The SMILES string of the molecule is COc1c(OCCCO)c(CCc2cccc(-c3cc(C4(C)CCCC4)[nH]c3N3CCNCC3)c2)c2oc(-c3ccc(O)cc3)cc(=O)c2c1OCCC(O)C=Cc1ccccc1. The van der Waals surface area contributed by atoms with Crippen LogP contribution in [-0.4, -0.2) is 79.5 Å². The van der Waals surface area contributed by atoms with Gasteiger partial charge in [-0.25, -0.2) is 0 Å². The summed E-state index contributed by atoms with van der Waals surface area (Å²) in [7, 11) is 1.51. The number of nitrogens with zero attached hydrogens (tertiary/aromatic N) is 1. The number of benzene rings is 4. The molecule has 2 aliphatic rings. The van der Waals surface area contributed by atoms with Gasteiger partial charge in [-0.15, -0.1) is 0 Å². The first-order chi connectivity index (χ1) is 30.7. The molecule has 1 aliphatic heterocycles. The summed E-state index contributed by atoms with van der Waals surface area (Å²) < 4.78 is 25.6. The number of hydrogen-bond donors (Lipinski definition) is 5. The van der Waals surface area contributed by atoms with Gasteiger partial charge in [0.15, 0.2) is 16.9 Å². The van der Waals surface area contributed by atoms with E-state index in [1.54, 1.807) is 30.3 Å². The number of aromatic amines is 1.